The maximum Gasteiger partial charge on any atom is 0.364 e. The van der Waals surface area contributed by atoms with E-state index in [-0.39, 0.29) is 0 Å². The summed E-state index contributed by atoms with van der Waals surface area (Å²) in [5, 5.41) is 0. The van der Waals surface area contributed by atoms with E-state index in [1.807, 2.05) is 54.6 Å². The second-order valence-electron chi connectivity index (χ2n) is 6.93. The second-order valence-corrected chi connectivity index (χ2v) is 7.70. The van der Waals surface area contributed by atoms with Crippen LogP contribution >= 0.6 is 8.25 Å². The summed E-state index contributed by atoms with van der Waals surface area (Å²) in [6, 6.07) is 17.9. The van der Waals surface area contributed by atoms with Crippen LogP contribution in [0.4, 0.5) is 0 Å². The molecule has 1 aliphatic rings. The highest BCUT2D eigenvalue weighted by Gasteiger charge is 2.49. The molecule has 0 spiro atoms. The van der Waals surface area contributed by atoms with Gasteiger partial charge in [-0.05, 0) is 46.6 Å². The Balaban J connectivity index is 1.80. The van der Waals surface area contributed by atoms with Gasteiger partial charge in [0.05, 0.1) is 6.26 Å². The van der Waals surface area contributed by atoms with Gasteiger partial charge in [0.15, 0.2) is 0 Å². The van der Waals surface area contributed by atoms with Gasteiger partial charge in [-0.1, -0.05) is 69.2 Å². The van der Waals surface area contributed by atoms with Crippen molar-refractivity contribution in [3.05, 3.63) is 72.0 Å². The van der Waals surface area contributed by atoms with E-state index in [9.17, 15) is 4.57 Å². The van der Waals surface area contributed by atoms with Crippen molar-refractivity contribution in [1.82, 2.24) is 0 Å². The summed E-state index contributed by atoms with van der Waals surface area (Å²) in [7, 11) is -3.00. The van der Waals surface area contributed by atoms with Crippen LogP contribution in [0.5, 0.6) is 5.75 Å². The van der Waals surface area contributed by atoms with E-state index in [2.05, 4.69) is 13.8 Å². The lowest BCUT2D eigenvalue weighted by Crippen LogP contribution is -1.97. The average molecular weight is 386 g/mol. The summed E-state index contributed by atoms with van der Waals surface area (Å²) in [6.07, 6.45) is 3.68. The van der Waals surface area contributed by atoms with Crippen molar-refractivity contribution >= 4 is 13.8 Å². The highest BCUT2D eigenvalue weighted by atomic mass is 31.1. The van der Waals surface area contributed by atoms with E-state index in [1.165, 1.54) is 6.26 Å². The molecule has 4 nitrogen and oxygen atoms in total. The predicted molar refractivity (Wildman–Crippen MR) is 109 cm³/mol. The number of ether oxygens (including phenoxy) is 1. The van der Waals surface area contributed by atoms with Crippen LogP contribution in [-0.4, -0.2) is 4.89 Å². The molecule has 3 unspecified atom stereocenters. The van der Waals surface area contributed by atoms with Crippen molar-refractivity contribution in [1.29, 1.82) is 0 Å². The van der Waals surface area contributed by atoms with Crippen molar-refractivity contribution in [3.63, 3.8) is 0 Å². The third-order valence-corrected chi connectivity index (χ3v) is 5.66. The third-order valence-electron chi connectivity index (χ3n) is 5.34. The first-order valence-electron chi connectivity index (χ1n) is 9.50. The Kier molecular flexibility index (Phi) is 6.76. The molecule has 1 N–H and O–H groups in total. The smallest absolute Gasteiger partial charge is 0.364 e. The Hall–Kier alpha value is -2.03. The van der Waals surface area contributed by atoms with Crippen molar-refractivity contribution < 1.29 is 18.7 Å². The number of benzene rings is 2. The summed E-state index contributed by atoms with van der Waals surface area (Å²) in [4.78, 5) is 9.12. The Morgan fingerprint density at radius 1 is 1.07 bits per heavy atom. The fraction of sp³-hybridized carbons (Fsp3) is 0.364. The summed E-state index contributed by atoms with van der Waals surface area (Å²) in [5.41, 5.74) is 3.09. The summed E-state index contributed by atoms with van der Waals surface area (Å²) in [5.74, 6) is 2.34. The van der Waals surface area contributed by atoms with E-state index in [4.69, 9.17) is 14.2 Å². The second kappa shape index (κ2) is 9.25. The first-order chi connectivity index (χ1) is 13.1. The number of hydrogen-bond acceptors (Lipinski definition) is 3. The fourth-order valence-corrected chi connectivity index (χ4v) is 4.21. The molecule has 0 radical (unpaired) electrons. The zero-order chi connectivity index (χ0) is 19.2. The normalized spacial score (nSPS) is 22.9. The van der Waals surface area contributed by atoms with Gasteiger partial charge in [0, 0.05) is 0 Å². The monoisotopic (exact) mass is 386 g/mol. The zero-order valence-corrected chi connectivity index (χ0v) is 16.8. The van der Waals surface area contributed by atoms with Crippen LogP contribution < -0.4 is 4.74 Å². The Morgan fingerprint density at radius 3 is 2.41 bits per heavy atom. The van der Waals surface area contributed by atoms with Gasteiger partial charge in [-0.3, -0.25) is 0 Å². The predicted octanol–water partition coefficient (Wildman–Crippen LogP) is 5.69. The van der Waals surface area contributed by atoms with E-state index < -0.39 is 8.25 Å². The molecule has 0 aromatic heterocycles. The fourth-order valence-electron chi connectivity index (χ4n) is 3.98. The Morgan fingerprint density at radius 2 is 1.78 bits per heavy atom. The summed E-state index contributed by atoms with van der Waals surface area (Å²) in [6.45, 7) is 4.89. The highest BCUT2D eigenvalue weighted by Crippen LogP contribution is 2.57. The molecule has 3 atom stereocenters. The largest absolute Gasteiger partial charge is 0.489 e. The number of rotatable bonds is 9. The third kappa shape index (κ3) is 5.03. The van der Waals surface area contributed by atoms with E-state index in [1.54, 1.807) is 0 Å². The van der Waals surface area contributed by atoms with E-state index >= 15 is 0 Å². The molecule has 0 saturated heterocycles. The summed E-state index contributed by atoms with van der Waals surface area (Å²) >= 11 is 0. The zero-order valence-electron chi connectivity index (χ0n) is 15.8. The molecule has 27 heavy (non-hydrogen) atoms. The van der Waals surface area contributed by atoms with Crippen molar-refractivity contribution in [2.45, 2.75) is 33.3 Å². The van der Waals surface area contributed by atoms with Crippen molar-refractivity contribution in [2.75, 3.05) is 0 Å². The average Bonchev–Trinajstić information content (AvgIpc) is 3.40. The van der Waals surface area contributed by atoms with E-state index in [0.29, 0.717) is 24.4 Å². The topological polar surface area (TPSA) is 55.8 Å². The molecule has 2 aromatic rings. The standard InChI is InChI=1S/C22H27O4P/c1-3-19-20(4-2)22(19)21(15-26-27(23)24)17-11-8-12-18(13-17)25-14-16-9-6-5-7-10-16/h5-13,15,19-20,22,27H,3-4,14H2,1-2H3,(H,23,24). The van der Waals surface area contributed by atoms with E-state index in [0.717, 1.165) is 35.3 Å². The van der Waals surface area contributed by atoms with Crippen LogP contribution in [0.1, 0.15) is 37.8 Å². The minimum atomic E-state index is -3.00. The van der Waals surface area contributed by atoms with Crippen LogP contribution in [0, 0.1) is 17.8 Å². The molecule has 1 fully saturated rings. The molecule has 0 bridgehead atoms. The molecule has 1 aliphatic carbocycles. The minimum absolute atomic E-state index is 0.366. The molecule has 144 valence electrons. The molecular weight excluding hydrogens is 359 g/mol. The minimum Gasteiger partial charge on any atom is -0.489 e. The molecular formula is C22H27O4P. The lowest BCUT2D eigenvalue weighted by molar-refractivity contribution is 0.306. The lowest BCUT2D eigenvalue weighted by atomic mass is 9.99. The Labute approximate surface area is 161 Å². The van der Waals surface area contributed by atoms with Gasteiger partial charge < -0.3 is 14.2 Å². The van der Waals surface area contributed by atoms with Crippen LogP contribution in [0.2, 0.25) is 0 Å². The number of allylic oxidation sites excluding steroid dienone is 1. The van der Waals surface area contributed by atoms with Gasteiger partial charge in [0.25, 0.3) is 0 Å². The maximum absolute atomic E-state index is 11.1. The van der Waals surface area contributed by atoms with Gasteiger partial charge in [0.1, 0.15) is 12.4 Å². The van der Waals surface area contributed by atoms with Crippen molar-refractivity contribution in [3.8, 4) is 5.75 Å². The SMILES string of the molecule is CCC1C(CC)C1C(=CO[PH](=O)O)c1cccc(OCc2ccccc2)c1. The van der Waals surface area contributed by atoms with Crippen LogP contribution in [0.3, 0.4) is 0 Å². The quantitative estimate of drug-likeness (QED) is 0.444. The van der Waals surface area contributed by atoms with Crippen LogP contribution in [0.15, 0.2) is 60.9 Å². The molecule has 0 amide bonds. The molecule has 0 heterocycles. The first kappa shape index (κ1) is 19.7. The van der Waals surface area contributed by atoms with Gasteiger partial charge >= 0.3 is 8.25 Å². The van der Waals surface area contributed by atoms with Gasteiger partial charge in [-0.15, -0.1) is 0 Å². The highest BCUT2D eigenvalue weighted by molar-refractivity contribution is 7.32. The molecule has 3 rings (SSSR count). The van der Waals surface area contributed by atoms with Crippen LogP contribution in [-0.2, 0) is 15.7 Å². The number of hydrogen-bond donors (Lipinski definition) is 1. The molecule has 1 saturated carbocycles. The van der Waals surface area contributed by atoms with Crippen molar-refractivity contribution in [2.24, 2.45) is 17.8 Å². The molecule has 5 heteroatoms. The lowest BCUT2D eigenvalue weighted by Gasteiger charge is -2.11. The van der Waals surface area contributed by atoms with Gasteiger partial charge in [-0.25, -0.2) is 4.57 Å². The van der Waals surface area contributed by atoms with Crippen LogP contribution in [0.25, 0.3) is 5.57 Å². The van der Waals surface area contributed by atoms with Gasteiger partial charge in [0.2, 0.25) is 0 Å². The first-order valence-corrected chi connectivity index (χ1v) is 10.8. The maximum atomic E-state index is 11.1. The molecule has 2 aromatic carbocycles. The Bertz CT molecular complexity index is 793. The summed E-state index contributed by atoms with van der Waals surface area (Å²) < 4.78 is 22.1. The molecule has 0 aliphatic heterocycles. The van der Waals surface area contributed by atoms with Gasteiger partial charge in [-0.2, -0.15) is 0 Å².